The van der Waals surface area contributed by atoms with Crippen LogP contribution in [0.1, 0.15) is 18.7 Å². The number of halogens is 2. The molecule has 2 saturated heterocycles. The summed E-state index contributed by atoms with van der Waals surface area (Å²) in [6.45, 7) is 7.21. The molecule has 2 aliphatic rings. The molecule has 0 bridgehead atoms. The smallest absolute Gasteiger partial charge is 0.241 e. The molecular formula is C21H27Cl2N5O3. The minimum absolute atomic E-state index is 0.0621. The minimum atomic E-state index is 0.0621. The van der Waals surface area contributed by atoms with Gasteiger partial charge in [0.05, 0.1) is 24.8 Å². The van der Waals surface area contributed by atoms with Gasteiger partial charge >= 0.3 is 0 Å². The molecular weight excluding hydrogens is 441 g/mol. The average Bonchev–Trinajstić information content (AvgIpc) is 3.23. The van der Waals surface area contributed by atoms with Gasteiger partial charge in [-0.05, 0) is 44.1 Å². The first-order valence-corrected chi connectivity index (χ1v) is 11.4. The van der Waals surface area contributed by atoms with Crippen LogP contribution in [0, 0.1) is 5.92 Å². The molecule has 1 N–H and O–H groups in total. The van der Waals surface area contributed by atoms with E-state index in [2.05, 4.69) is 25.3 Å². The molecule has 8 nitrogen and oxygen atoms in total. The highest BCUT2D eigenvalue weighted by molar-refractivity contribution is 6.36. The number of ether oxygens (including phenoxy) is 1. The third-order valence-electron chi connectivity index (χ3n) is 5.79. The second-order valence-corrected chi connectivity index (χ2v) is 8.77. The maximum Gasteiger partial charge on any atom is 0.241 e. The highest BCUT2D eigenvalue weighted by Crippen LogP contribution is 2.28. The van der Waals surface area contributed by atoms with Gasteiger partial charge in [0.2, 0.25) is 17.6 Å². The Morgan fingerprint density at radius 2 is 1.90 bits per heavy atom. The van der Waals surface area contributed by atoms with Crippen molar-refractivity contribution in [2.45, 2.75) is 19.4 Å². The number of carbonyl (C=O) groups excluding carboxylic acids is 1. The Hall–Kier alpha value is -1.71. The fraction of sp³-hybridized carbons (Fsp3) is 0.571. The Kier molecular flexibility index (Phi) is 7.79. The fourth-order valence-electron chi connectivity index (χ4n) is 3.95. The zero-order valence-electron chi connectivity index (χ0n) is 17.4. The Balaban J connectivity index is 1.20. The second kappa shape index (κ2) is 10.7. The molecule has 10 heteroatoms. The summed E-state index contributed by atoms with van der Waals surface area (Å²) >= 11 is 12.2. The van der Waals surface area contributed by atoms with Gasteiger partial charge in [0, 0.05) is 42.7 Å². The van der Waals surface area contributed by atoms with Crippen molar-refractivity contribution in [2.24, 2.45) is 5.92 Å². The number of morpholine rings is 1. The summed E-state index contributed by atoms with van der Waals surface area (Å²) in [5, 5.41) is 8.18. The van der Waals surface area contributed by atoms with E-state index < -0.39 is 0 Å². The summed E-state index contributed by atoms with van der Waals surface area (Å²) in [6, 6.07) is 5.18. The third-order valence-corrected chi connectivity index (χ3v) is 6.34. The van der Waals surface area contributed by atoms with Gasteiger partial charge in [0.25, 0.3) is 0 Å². The first-order valence-electron chi connectivity index (χ1n) is 10.7. The third kappa shape index (κ3) is 6.17. The van der Waals surface area contributed by atoms with Crippen molar-refractivity contribution < 1.29 is 14.1 Å². The predicted octanol–water partition coefficient (Wildman–Crippen LogP) is 2.70. The van der Waals surface area contributed by atoms with Crippen molar-refractivity contribution in [3.8, 4) is 11.4 Å². The van der Waals surface area contributed by atoms with E-state index in [1.165, 1.54) is 0 Å². The first kappa shape index (κ1) is 22.5. The van der Waals surface area contributed by atoms with E-state index in [9.17, 15) is 4.79 Å². The minimum Gasteiger partial charge on any atom is -0.379 e. The lowest BCUT2D eigenvalue weighted by Gasteiger charge is -2.30. The zero-order chi connectivity index (χ0) is 21.6. The molecule has 31 heavy (non-hydrogen) atoms. The van der Waals surface area contributed by atoms with Crippen LogP contribution in [-0.2, 0) is 16.1 Å². The number of likely N-dealkylation sites (tertiary alicyclic amines) is 1. The summed E-state index contributed by atoms with van der Waals surface area (Å²) in [7, 11) is 0. The molecule has 0 unspecified atom stereocenters. The number of nitrogens with one attached hydrogen (secondary N) is 1. The van der Waals surface area contributed by atoms with Crippen molar-refractivity contribution in [2.75, 3.05) is 52.5 Å². The largest absolute Gasteiger partial charge is 0.379 e. The number of hydrogen-bond donors (Lipinski definition) is 1. The molecule has 0 saturated carbocycles. The number of aromatic nitrogens is 2. The number of nitrogens with zero attached hydrogens (tertiary/aromatic N) is 4. The van der Waals surface area contributed by atoms with Gasteiger partial charge in [-0.15, -0.1) is 0 Å². The predicted molar refractivity (Wildman–Crippen MR) is 118 cm³/mol. The number of carbonyl (C=O) groups is 1. The van der Waals surface area contributed by atoms with Gasteiger partial charge in [-0.1, -0.05) is 28.4 Å². The Bertz CT molecular complexity index is 880. The number of benzene rings is 1. The number of piperidine rings is 1. The van der Waals surface area contributed by atoms with Crippen molar-refractivity contribution in [1.82, 2.24) is 25.3 Å². The van der Waals surface area contributed by atoms with Crippen LogP contribution in [0.25, 0.3) is 11.4 Å². The lowest BCUT2D eigenvalue weighted by atomic mass is 9.96. The maximum atomic E-state index is 12.5. The van der Waals surface area contributed by atoms with E-state index in [0.29, 0.717) is 40.4 Å². The Morgan fingerprint density at radius 1 is 1.13 bits per heavy atom. The standard InChI is InChI=1S/C21H27Cl2N5O3/c22-16-1-2-17(18(23)13-16)20-25-19(31-26-20)14-28-6-3-15(4-7-28)21(29)24-5-8-27-9-11-30-12-10-27/h1-2,13,15H,3-12,14H2,(H,24,29). The van der Waals surface area contributed by atoms with Crippen LogP contribution < -0.4 is 5.32 Å². The highest BCUT2D eigenvalue weighted by Gasteiger charge is 2.26. The van der Waals surface area contributed by atoms with Crippen molar-refractivity contribution in [3.05, 3.63) is 34.1 Å². The topological polar surface area (TPSA) is 83.7 Å². The Morgan fingerprint density at radius 3 is 2.65 bits per heavy atom. The summed E-state index contributed by atoms with van der Waals surface area (Å²) in [4.78, 5) is 21.5. The van der Waals surface area contributed by atoms with Crippen LogP contribution in [0.15, 0.2) is 22.7 Å². The maximum absolute atomic E-state index is 12.5. The van der Waals surface area contributed by atoms with Crippen LogP contribution in [0.2, 0.25) is 10.0 Å². The van der Waals surface area contributed by atoms with Gasteiger partial charge in [0.15, 0.2) is 0 Å². The van der Waals surface area contributed by atoms with E-state index in [0.717, 1.165) is 58.8 Å². The molecule has 0 spiro atoms. The van der Waals surface area contributed by atoms with Crippen LogP contribution in [0.4, 0.5) is 0 Å². The molecule has 1 aromatic heterocycles. The summed E-state index contributed by atoms with van der Waals surface area (Å²) in [5.41, 5.74) is 0.688. The van der Waals surface area contributed by atoms with Gasteiger partial charge in [-0.2, -0.15) is 4.98 Å². The molecule has 2 aliphatic heterocycles. The number of amides is 1. The zero-order valence-corrected chi connectivity index (χ0v) is 18.9. The van der Waals surface area contributed by atoms with Gasteiger partial charge < -0.3 is 14.6 Å². The van der Waals surface area contributed by atoms with Gasteiger partial charge in [-0.25, -0.2) is 0 Å². The second-order valence-electron chi connectivity index (χ2n) is 7.93. The van der Waals surface area contributed by atoms with Crippen molar-refractivity contribution in [1.29, 1.82) is 0 Å². The summed E-state index contributed by atoms with van der Waals surface area (Å²) in [6.07, 6.45) is 1.65. The quantitative estimate of drug-likeness (QED) is 0.669. The SMILES string of the molecule is O=C(NCCN1CCOCC1)C1CCN(Cc2nc(-c3ccc(Cl)cc3Cl)no2)CC1. The van der Waals surface area contributed by atoms with Gasteiger partial charge in [0.1, 0.15) is 0 Å². The molecule has 2 fully saturated rings. The number of rotatable bonds is 7. The molecule has 0 aliphatic carbocycles. The molecule has 0 atom stereocenters. The van der Waals surface area contributed by atoms with E-state index >= 15 is 0 Å². The number of hydrogen-bond acceptors (Lipinski definition) is 7. The fourth-order valence-corrected chi connectivity index (χ4v) is 4.44. The average molecular weight is 468 g/mol. The molecule has 2 aromatic rings. The lowest BCUT2D eigenvalue weighted by molar-refractivity contribution is -0.126. The molecule has 1 amide bonds. The lowest BCUT2D eigenvalue weighted by Crippen LogP contribution is -2.44. The molecule has 4 rings (SSSR count). The summed E-state index contributed by atoms with van der Waals surface area (Å²) in [5.74, 6) is 1.21. The summed E-state index contributed by atoms with van der Waals surface area (Å²) < 4.78 is 10.8. The first-order chi connectivity index (χ1) is 15.1. The van der Waals surface area contributed by atoms with Crippen molar-refractivity contribution >= 4 is 29.1 Å². The van der Waals surface area contributed by atoms with Crippen LogP contribution in [0.5, 0.6) is 0 Å². The highest BCUT2D eigenvalue weighted by atomic mass is 35.5. The van der Waals surface area contributed by atoms with Crippen LogP contribution in [0.3, 0.4) is 0 Å². The normalized spacial score (nSPS) is 18.9. The van der Waals surface area contributed by atoms with E-state index in [1.807, 2.05) is 0 Å². The van der Waals surface area contributed by atoms with Gasteiger partial charge in [-0.3, -0.25) is 14.6 Å². The molecule has 0 radical (unpaired) electrons. The van der Waals surface area contributed by atoms with E-state index in [1.54, 1.807) is 18.2 Å². The Labute approximate surface area is 191 Å². The molecule has 3 heterocycles. The van der Waals surface area contributed by atoms with Crippen LogP contribution >= 0.6 is 23.2 Å². The van der Waals surface area contributed by atoms with E-state index in [-0.39, 0.29) is 11.8 Å². The van der Waals surface area contributed by atoms with E-state index in [4.69, 9.17) is 32.5 Å². The van der Waals surface area contributed by atoms with Crippen LogP contribution in [-0.4, -0.2) is 78.3 Å². The monoisotopic (exact) mass is 467 g/mol. The van der Waals surface area contributed by atoms with Crippen molar-refractivity contribution in [3.63, 3.8) is 0 Å². The molecule has 1 aromatic carbocycles. The molecule has 168 valence electrons.